The summed E-state index contributed by atoms with van der Waals surface area (Å²) in [4.78, 5) is 14.6. The van der Waals surface area contributed by atoms with Crippen LogP contribution in [-0.2, 0) is 9.53 Å². The Morgan fingerprint density at radius 2 is 2.62 bits per heavy atom. The molecule has 5 nitrogen and oxygen atoms in total. The van der Waals surface area contributed by atoms with Gasteiger partial charge in [-0.05, 0) is 6.92 Å². The molecular formula is C8H11N3O2. The molecule has 1 heterocycles. The van der Waals surface area contributed by atoms with Crippen LogP contribution in [0.3, 0.4) is 0 Å². The van der Waals surface area contributed by atoms with Crippen molar-refractivity contribution in [2.75, 3.05) is 12.3 Å². The van der Waals surface area contributed by atoms with Crippen molar-refractivity contribution in [1.29, 1.82) is 0 Å². The van der Waals surface area contributed by atoms with Gasteiger partial charge in [0.25, 0.3) is 0 Å². The topological polar surface area (TPSA) is 70.1 Å². The summed E-state index contributed by atoms with van der Waals surface area (Å²) >= 11 is 0. The summed E-state index contributed by atoms with van der Waals surface area (Å²) in [5.41, 5.74) is 5.45. The van der Waals surface area contributed by atoms with E-state index in [4.69, 9.17) is 5.73 Å². The number of nitrogens with zero attached hydrogens (tertiary/aromatic N) is 2. The number of anilines is 1. The summed E-state index contributed by atoms with van der Waals surface area (Å²) in [5, 5.41) is 0. The molecule has 0 saturated carbocycles. The Labute approximate surface area is 75.8 Å². The van der Waals surface area contributed by atoms with Crippen LogP contribution >= 0.6 is 0 Å². The van der Waals surface area contributed by atoms with E-state index in [0.29, 0.717) is 12.6 Å². The largest absolute Gasteiger partial charge is 0.463 e. The van der Waals surface area contributed by atoms with Crippen LogP contribution in [0.4, 0.5) is 5.95 Å². The van der Waals surface area contributed by atoms with E-state index in [1.54, 1.807) is 19.3 Å². The molecule has 0 aliphatic carbocycles. The summed E-state index contributed by atoms with van der Waals surface area (Å²) in [5.74, 6) is -0.0591. The average Bonchev–Trinajstić information content (AvgIpc) is 2.48. The van der Waals surface area contributed by atoms with Gasteiger partial charge in [0, 0.05) is 24.7 Å². The smallest absolute Gasteiger partial charge is 0.332 e. The molecule has 13 heavy (non-hydrogen) atoms. The van der Waals surface area contributed by atoms with Gasteiger partial charge in [-0.25, -0.2) is 9.78 Å². The van der Waals surface area contributed by atoms with Crippen LogP contribution in [0.1, 0.15) is 6.92 Å². The molecule has 5 heteroatoms. The number of nitrogen functional groups attached to an aromatic ring is 1. The van der Waals surface area contributed by atoms with Crippen molar-refractivity contribution >= 4 is 18.1 Å². The van der Waals surface area contributed by atoms with E-state index >= 15 is 0 Å². The Morgan fingerprint density at radius 1 is 1.85 bits per heavy atom. The number of hydrogen-bond donors (Lipinski definition) is 1. The number of nitrogens with two attached hydrogens (primary N) is 1. The maximum Gasteiger partial charge on any atom is 0.332 e. The molecule has 0 amide bonds. The molecule has 0 atom stereocenters. The lowest BCUT2D eigenvalue weighted by Gasteiger charge is -1.96. The molecule has 0 aliphatic rings. The third-order valence-corrected chi connectivity index (χ3v) is 1.36. The Morgan fingerprint density at radius 3 is 3.15 bits per heavy atom. The van der Waals surface area contributed by atoms with E-state index in [0.717, 1.165) is 0 Å². The molecule has 1 aromatic heterocycles. The molecule has 0 spiro atoms. The number of imidazole rings is 1. The van der Waals surface area contributed by atoms with E-state index in [1.165, 1.54) is 16.8 Å². The molecule has 0 aromatic carbocycles. The maximum atomic E-state index is 10.9. The van der Waals surface area contributed by atoms with Crippen LogP contribution in [-0.4, -0.2) is 22.1 Å². The number of hydrogen-bond acceptors (Lipinski definition) is 4. The van der Waals surface area contributed by atoms with Crippen molar-refractivity contribution in [2.24, 2.45) is 0 Å². The second-order valence-corrected chi connectivity index (χ2v) is 2.26. The molecule has 0 saturated heterocycles. The molecule has 0 unspecified atom stereocenters. The van der Waals surface area contributed by atoms with Crippen LogP contribution in [0.15, 0.2) is 18.5 Å². The summed E-state index contributed by atoms with van der Waals surface area (Å²) in [6.07, 6.45) is 5.98. The van der Waals surface area contributed by atoms with Crippen LogP contribution in [0, 0.1) is 0 Å². The van der Waals surface area contributed by atoms with Gasteiger partial charge >= 0.3 is 5.97 Å². The van der Waals surface area contributed by atoms with Gasteiger partial charge in [0.2, 0.25) is 5.95 Å². The first-order chi connectivity index (χ1) is 6.24. The highest BCUT2D eigenvalue weighted by molar-refractivity contribution is 5.85. The summed E-state index contributed by atoms with van der Waals surface area (Å²) in [7, 11) is 0. The van der Waals surface area contributed by atoms with Crippen molar-refractivity contribution in [3.05, 3.63) is 18.5 Å². The predicted octanol–water partition coefficient (Wildman–Crippen LogP) is 0.499. The molecule has 0 aliphatic heterocycles. The SMILES string of the molecule is CCOC(=O)/C=C/n1ccnc1N. The molecule has 0 radical (unpaired) electrons. The number of ether oxygens (including phenoxy) is 1. The zero-order chi connectivity index (χ0) is 9.68. The highest BCUT2D eigenvalue weighted by atomic mass is 16.5. The number of rotatable bonds is 3. The first-order valence-corrected chi connectivity index (χ1v) is 3.87. The standard InChI is InChI=1S/C8H11N3O2/c1-2-13-7(12)3-5-11-6-4-10-8(11)9/h3-6H,2H2,1H3,(H2,9,10)/b5-3+. The molecule has 1 rings (SSSR count). The van der Waals surface area contributed by atoms with Crippen LogP contribution in [0.5, 0.6) is 0 Å². The summed E-state index contributed by atoms with van der Waals surface area (Å²) in [6, 6.07) is 0. The van der Waals surface area contributed by atoms with Crippen LogP contribution in [0.25, 0.3) is 6.20 Å². The van der Waals surface area contributed by atoms with E-state index in [-0.39, 0.29) is 0 Å². The van der Waals surface area contributed by atoms with Crippen molar-refractivity contribution in [1.82, 2.24) is 9.55 Å². The monoisotopic (exact) mass is 181 g/mol. The maximum absolute atomic E-state index is 10.9. The van der Waals surface area contributed by atoms with Crippen LogP contribution in [0.2, 0.25) is 0 Å². The second kappa shape index (κ2) is 4.30. The van der Waals surface area contributed by atoms with E-state index in [9.17, 15) is 4.79 Å². The highest BCUT2D eigenvalue weighted by Crippen LogP contribution is 1.98. The first kappa shape index (κ1) is 9.31. The Balaban J connectivity index is 2.58. The third-order valence-electron chi connectivity index (χ3n) is 1.36. The van der Waals surface area contributed by atoms with Crippen LogP contribution < -0.4 is 5.73 Å². The van der Waals surface area contributed by atoms with Gasteiger partial charge in [0.15, 0.2) is 0 Å². The number of carbonyl (C=O) groups is 1. The minimum absolute atomic E-state index is 0.334. The fourth-order valence-corrected chi connectivity index (χ4v) is 0.782. The van der Waals surface area contributed by atoms with Gasteiger partial charge in [0.05, 0.1) is 6.61 Å². The van der Waals surface area contributed by atoms with Gasteiger partial charge < -0.3 is 10.5 Å². The average molecular weight is 181 g/mol. The minimum Gasteiger partial charge on any atom is -0.463 e. The Hall–Kier alpha value is -1.78. The molecule has 2 N–H and O–H groups in total. The lowest BCUT2D eigenvalue weighted by atomic mass is 10.6. The van der Waals surface area contributed by atoms with Crippen molar-refractivity contribution < 1.29 is 9.53 Å². The zero-order valence-electron chi connectivity index (χ0n) is 7.30. The molecule has 0 fully saturated rings. The van der Waals surface area contributed by atoms with E-state index in [1.807, 2.05) is 0 Å². The van der Waals surface area contributed by atoms with E-state index in [2.05, 4.69) is 9.72 Å². The second-order valence-electron chi connectivity index (χ2n) is 2.26. The Bertz CT molecular complexity index is 317. The number of aromatic nitrogens is 2. The minimum atomic E-state index is -0.393. The molecule has 1 aromatic rings. The summed E-state index contributed by atoms with van der Waals surface area (Å²) in [6.45, 7) is 2.11. The first-order valence-electron chi connectivity index (χ1n) is 3.87. The fourth-order valence-electron chi connectivity index (χ4n) is 0.782. The van der Waals surface area contributed by atoms with Gasteiger partial charge in [-0.15, -0.1) is 0 Å². The predicted molar refractivity (Wildman–Crippen MR) is 48.6 cm³/mol. The normalized spacial score (nSPS) is 10.5. The molecular weight excluding hydrogens is 170 g/mol. The Kier molecular flexibility index (Phi) is 3.08. The fraction of sp³-hybridized carbons (Fsp3) is 0.250. The highest BCUT2D eigenvalue weighted by Gasteiger charge is 1.95. The van der Waals surface area contributed by atoms with Crippen molar-refractivity contribution in [2.45, 2.75) is 6.92 Å². The third kappa shape index (κ3) is 2.62. The molecule has 70 valence electrons. The zero-order valence-corrected chi connectivity index (χ0v) is 7.30. The number of esters is 1. The molecule has 0 bridgehead atoms. The number of carbonyl (C=O) groups excluding carboxylic acids is 1. The van der Waals surface area contributed by atoms with Gasteiger partial charge in [-0.3, -0.25) is 4.57 Å². The lowest BCUT2D eigenvalue weighted by Crippen LogP contribution is -2.01. The summed E-state index contributed by atoms with van der Waals surface area (Å²) < 4.78 is 6.20. The van der Waals surface area contributed by atoms with Crippen molar-refractivity contribution in [3.8, 4) is 0 Å². The van der Waals surface area contributed by atoms with Crippen molar-refractivity contribution in [3.63, 3.8) is 0 Å². The van der Waals surface area contributed by atoms with Gasteiger partial charge in [-0.2, -0.15) is 0 Å². The quantitative estimate of drug-likeness (QED) is 0.544. The van der Waals surface area contributed by atoms with E-state index < -0.39 is 5.97 Å². The van der Waals surface area contributed by atoms with Gasteiger partial charge in [0.1, 0.15) is 0 Å². The van der Waals surface area contributed by atoms with Gasteiger partial charge in [-0.1, -0.05) is 0 Å². The lowest BCUT2D eigenvalue weighted by molar-refractivity contribution is -0.137.